The number of aryl methyl sites for hydroxylation is 1. The molecule has 1 rings (SSSR count). The molecular weight excluding hydrogens is 264 g/mol. The van der Waals surface area contributed by atoms with Crippen LogP contribution in [0.25, 0.3) is 0 Å². The van der Waals surface area contributed by atoms with Crippen LogP contribution in [0.15, 0.2) is 24.3 Å². The number of hydrogen-bond donors (Lipinski definition) is 2. The summed E-state index contributed by atoms with van der Waals surface area (Å²) >= 11 is 0. The first-order chi connectivity index (χ1) is 9.92. The maximum Gasteiger partial charge on any atom is 0.237 e. The molecule has 0 aliphatic rings. The molecule has 1 amide bonds. The number of rotatable bonds is 8. The van der Waals surface area contributed by atoms with Crippen LogP contribution in [-0.4, -0.2) is 30.6 Å². The van der Waals surface area contributed by atoms with Crippen LogP contribution in [0.4, 0.5) is 0 Å². The van der Waals surface area contributed by atoms with Crippen LogP contribution in [0.2, 0.25) is 0 Å². The van der Waals surface area contributed by atoms with E-state index in [1.165, 1.54) is 5.56 Å². The van der Waals surface area contributed by atoms with E-state index in [0.29, 0.717) is 6.61 Å². The third-order valence-electron chi connectivity index (χ3n) is 3.45. The van der Waals surface area contributed by atoms with Crippen LogP contribution in [-0.2, 0) is 4.79 Å². The van der Waals surface area contributed by atoms with E-state index in [2.05, 4.69) is 17.6 Å². The summed E-state index contributed by atoms with van der Waals surface area (Å²) in [5.74, 6) is 0.887. The van der Waals surface area contributed by atoms with Gasteiger partial charge in [-0.3, -0.25) is 4.79 Å². The topological polar surface area (TPSA) is 50.4 Å². The molecular formula is C17H28N2O2. The number of amides is 1. The minimum absolute atomic E-state index is 0.0338. The van der Waals surface area contributed by atoms with E-state index in [1.807, 2.05) is 52.0 Å². The smallest absolute Gasteiger partial charge is 0.237 e. The number of ether oxygens (including phenoxy) is 1. The molecule has 4 heteroatoms. The molecule has 3 unspecified atom stereocenters. The lowest BCUT2D eigenvalue weighted by atomic mass is 10.2. The summed E-state index contributed by atoms with van der Waals surface area (Å²) in [6, 6.07) is 8.05. The summed E-state index contributed by atoms with van der Waals surface area (Å²) in [7, 11) is 0. The molecule has 4 nitrogen and oxygen atoms in total. The number of carbonyl (C=O) groups excluding carboxylic acids is 1. The molecule has 0 heterocycles. The van der Waals surface area contributed by atoms with Crippen molar-refractivity contribution < 1.29 is 9.53 Å². The molecule has 0 spiro atoms. The maximum atomic E-state index is 11.9. The van der Waals surface area contributed by atoms with Gasteiger partial charge >= 0.3 is 0 Å². The summed E-state index contributed by atoms with van der Waals surface area (Å²) in [5, 5.41) is 6.23. The van der Waals surface area contributed by atoms with Crippen LogP contribution >= 0.6 is 0 Å². The Bertz CT molecular complexity index is 431. The van der Waals surface area contributed by atoms with Gasteiger partial charge in [-0.15, -0.1) is 0 Å². The third kappa shape index (κ3) is 6.63. The van der Waals surface area contributed by atoms with Crippen LogP contribution in [0.1, 0.15) is 39.7 Å². The Kier molecular flexibility index (Phi) is 7.23. The van der Waals surface area contributed by atoms with E-state index in [0.717, 1.165) is 12.2 Å². The highest BCUT2D eigenvalue weighted by Crippen LogP contribution is 2.11. The third-order valence-corrected chi connectivity index (χ3v) is 3.45. The normalized spacial score (nSPS) is 15.1. The van der Waals surface area contributed by atoms with Crippen molar-refractivity contribution in [1.82, 2.24) is 10.6 Å². The highest BCUT2D eigenvalue weighted by molar-refractivity contribution is 5.81. The fraction of sp³-hybridized carbons (Fsp3) is 0.588. The monoisotopic (exact) mass is 292 g/mol. The van der Waals surface area contributed by atoms with E-state index in [4.69, 9.17) is 4.74 Å². The fourth-order valence-electron chi connectivity index (χ4n) is 1.88. The molecule has 0 radical (unpaired) electrons. The highest BCUT2D eigenvalue weighted by atomic mass is 16.5. The zero-order valence-corrected chi connectivity index (χ0v) is 13.8. The van der Waals surface area contributed by atoms with Crippen molar-refractivity contribution in [3.8, 4) is 5.75 Å². The van der Waals surface area contributed by atoms with Gasteiger partial charge in [0.1, 0.15) is 12.4 Å². The predicted octanol–water partition coefficient (Wildman–Crippen LogP) is 2.66. The van der Waals surface area contributed by atoms with Crippen molar-refractivity contribution in [2.75, 3.05) is 6.61 Å². The molecule has 2 N–H and O–H groups in total. The molecule has 0 aliphatic heterocycles. The first kappa shape index (κ1) is 17.5. The molecule has 0 aliphatic carbocycles. The first-order valence-electron chi connectivity index (χ1n) is 7.68. The Morgan fingerprint density at radius 3 is 2.33 bits per heavy atom. The SMILES string of the molecule is CCC(C)NC(=O)C(C)NC(C)COc1ccc(C)cc1. The van der Waals surface area contributed by atoms with Crippen molar-refractivity contribution in [2.24, 2.45) is 0 Å². The zero-order valence-electron chi connectivity index (χ0n) is 13.8. The van der Waals surface area contributed by atoms with Crippen LogP contribution in [0, 0.1) is 6.92 Å². The summed E-state index contributed by atoms with van der Waals surface area (Å²) in [6.07, 6.45) is 0.935. The Morgan fingerprint density at radius 2 is 1.76 bits per heavy atom. The summed E-state index contributed by atoms with van der Waals surface area (Å²) in [6.45, 7) is 10.5. The second-order valence-electron chi connectivity index (χ2n) is 5.73. The number of benzene rings is 1. The van der Waals surface area contributed by atoms with Crippen molar-refractivity contribution in [1.29, 1.82) is 0 Å². The molecule has 3 atom stereocenters. The zero-order chi connectivity index (χ0) is 15.8. The van der Waals surface area contributed by atoms with Gasteiger partial charge in [0.25, 0.3) is 0 Å². The lowest BCUT2D eigenvalue weighted by Crippen LogP contribution is -2.49. The van der Waals surface area contributed by atoms with E-state index in [1.54, 1.807) is 0 Å². The van der Waals surface area contributed by atoms with Crippen LogP contribution < -0.4 is 15.4 Å². The van der Waals surface area contributed by atoms with Crippen LogP contribution in [0.5, 0.6) is 5.75 Å². The first-order valence-corrected chi connectivity index (χ1v) is 7.68. The minimum Gasteiger partial charge on any atom is -0.492 e. The molecule has 0 aromatic heterocycles. The summed E-state index contributed by atoms with van der Waals surface area (Å²) < 4.78 is 5.71. The quantitative estimate of drug-likeness (QED) is 0.774. The largest absolute Gasteiger partial charge is 0.492 e. The molecule has 21 heavy (non-hydrogen) atoms. The Hall–Kier alpha value is -1.55. The molecule has 1 aromatic carbocycles. The van der Waals surface area contributed by atoms with Crippen molar-refractivity contribution in [3.05, 3.63) is 29.8 Å². The highest BCUT2D eigenvalue weighted by Gasteiger charge is 2.16. The van der Waals surface area contributed by atoms with Crippen LogP contribution in [0.3, 0.4) is 0 Å². The molecule has 0 saturated heterocycles. The molecule has 118 valence electrons. The Balaban J connectivity index is 2.33. The average Bonchev–Trinajstić information content (AvgIpc) is 2.46. The van der Waals surface area contributed by atoms with Gasteiger partial charge in [-0.25, -0.2) is 0 Å². The Labute approximate surface area is 128 Å². The molecule has 1 aromatic rings. The van der Waals surface area contributed by atoms with Gasteiger partial charge in [0.05, 0.1) is 6.04 Å². The van der Waals surface area contributed by atoms with Gasteiger partial charge < -0.3 is 15.4 Å². The summed E-state index contributed by atoms with van der Waals surface area (Å²) in [4.78, 5) is 11.9. The molecule has 0 fully saturated rings. The second-order valence-corrected chi connectivity index (χ2v) is 5.73. The van der Waals surface area contributed by atoms with Gasteiger partial charge in [0.15, 0.2) is 0 Å². The molecule has 0 saturated carbocycles. The van der Waals surface area contributed by atoms with E-state index >= 15 is 0 Å². The van der Waals surface area contributed by atoms with Crippen molar-refractivity contribution in [2.45, 2.75) is 59.2 Å². The predicted molar refractivity (Wildman–Crippen MR) is 86.6 cm³/mol. The van der Waals surface area contributed by atoms with E-state index in [-0.39, 0.29) is 24.0 Å². The number of hydrogen-bond acceptors (Lipinski definition) is 3. The van der Waals surface area contributed by atoms with Gasteiger partial charge in [0, 0.05) is 12.1 Å². The lowest BCUT2D eigenvalue weighted by Gasteiger charge is -2.21. The Morgan fingerprint density at radius 1 is 1.14 bits per heavy atom. The van der Waals surface area contributed by atoms with E-state index < -0.39 is 0 Å². The van der Waals surface area contributed by atoms with Crippen molar-refractivity contribution >= 4 is 5.91 Å². The van der Waals surface area contributed by atoms with Gasteiger partial charge in [-0.05, 0) is 46.2 Å². The fourth-order valence-corrected chi connectivity index (χ4v) is 1.88. The second kappa shape index (κ2) is 8.67. The lowest BCUT2D eigenvalue weighted by molar-refractivity contribution is -0.123. The van der Waals surface area contributed by atoms with Crippen molar-refractivity contribution in [3.63, 3.8) is 0 Å². The van der Waals surface area contributed by atoms with Gasteiger partial charge in [-0.2, -0.15) is 0 Å². The van der Waals surface area contributed by atoms with Gasteiger partial charge in [-0.1, -0.05) is 24.6 Å². The maximum absolute atomic E-state index is 11.9. The standard InChI is InChI=1S/C17H28N2O2/c1-6-13(3)19-17(20)15(5)18-14(4)11-21-16-9-7-12(2)8-10-16/h7-10,13-15,18H,6,11H2,1-5H3,(H,19,20). The number of nitrogens with one attached hydrogen (secondary N) is 2. The average molecular weight is 292 g/mol. The van der Waals surface area contributed by atoms with E-state index in [9.17, 15) is 4.79 Å². The summed E-state index contributed by atoms with van der Waals surface area (Å²) in [5.41, 5.74) is 1.21. The van der Waals surface area contributed by atoms with Gasteiger partial charge in [0.2, 0.25) is 5.91 Å². The minimum atomic E-state index is -0.226. The number of carbonyl (C=O) groups is 1. The molecule has 0 bridgehead atoms.